The number of anilines is 2. The number of nitrogens with one attached hydrogen (secondary N) is 2. The topological polar surface area (TPSA) is 66.9 Å². The standard InChI is InChI=1S/C15H17BrN4O/c1-3-6-17-14-12(7-11(16)9-19-14)15(21)20-13-5-4-10(2)8-18-13/h4-5,7-9H,3,6H2,1-2H3,(H,17,19)(H,18,20,21). The molecule has 0 spiro atoms. The first-order valence-corrected chi connectivity index (χ1v) is 7.53. The highest BCUT2D eigenvalue weighted by Crippen LogP contribution is 2.19. The maximum absolute atomic E-state index is 12.4. The molecule has 1 amide bonds. The largest absolute Gasteiger partial charge is 0.369 e. The zero-order valence-corrected chi connectivity index (χ0v) is 13.6. The average Bonchev–Trinajstić information content (AvgIpc) is 2.48. The molecule has 0 aliphatic carbocycles. The van der Waals surface area contributed by atoms with Crippen molar-refractivity contribution in [3.63, 3.8) is 0 Å². The SMILES string of the molecule is CCCNc1ncc(Br)cc1C(=O)Nc1ccc(C)cn1. The summed E-state index contributed by atoms with van der Waals surface area (Å²) in [4.78, 5) is 20.8. The van der Waals surface area contributed by atoms with Crippen LogP contribution in [0.1, 0.15) is 29.3 Å². The summed E-state index contributed by atoms with van der Waals surface area (Å²) in [6.45, 7) is 4.77. The number of amides is 1. The Morgan fingerprint density at radius 3 is 2.76 bits per heavy atom. The molecule has 2 N–H and O–H groups in total. The van der Waals surface area contributed by atoms with Crippen LogP contribution in [0.3, 0.4) is 0 Å². The maximum atomic E-state index is 12.4. The fourth-order valence-electron chi connectivity index (χ4n) is 1.72. The minimum atomic E-state index is -0.237. The number of hydrogen-bond donors (Lipinski definition) is 2. The molecule has 5 nitrogen and oxygen atoms in total. The van der Waals surface area contributed by atoms with E-state index in [1.807, 2.05) is 13.0 Å². The molecule has 2 aromatic rings. The van der Waals surface area contributed by atoms with Gasteiger partial charge in [-0.2, -0.15) is 0 Å². The van der Waals surface area contributed by atoms with Crippen molar-refractivity contribution < 1.29 is 4.79 Å². The van der Waals surface area contributed by atoms with Gasteiger partial charge >= 0.3 is 0 Å². The molecule has 6 heteroatoms. The highest BCUT2D eigenvalue weighted by Gasteiger charge is 2.14. The Morgan fingerprint density at radius 2 is 2.10 bits per heavy atom. The lowest BCUT2D eigenvalue weighted by atomic mass is 10.2. The lowest BCUT2D eigenvalue weighted by molar-refractivity contribution is 0.102. The third-order valence-corrected chi connectivity index (χ3v) is 3.23. The molecule has 0 atom stereocenters. The molecule has 0 radical (unpaired) electrons. The predicted molar refractivity (Wildman–Crippen MR) is 87.6 cm³/mol. The lowest BCUT2D eigenvalue weighted by Crippen LogP contribution is -2.17. The number of nitrogens with zero attached hydrogens (tertiary/aromatic N) is 2. The van der Waals surface area contributed by atoms with Crippen LogP contribution < -0.4 is 10.6 Å². The predicted octanol–water partition coefficient (Wildman–Crippen LogP) is 3.62. The van der Waals surface area contributed by atoms with Gasteiger partial charge in [-0.05, 0) is 47.0 Å². The van der Waals surface area contributed by atoms with Crippen LogP contribution >= 0.6 is 15.9 Å². The Kier molecular flexibility index (Phi) is 5.27. The Balaban J connectivity index is 2.20. The Morgan fingerprint density at radius 1 is 1.29 bits per heavy atom. The molecule has 0 fully saturated rings. The number of aryl methyl sites for hydroxylation is 1. The van der Waals surface area contributed by atoms with Gasteiger partial charge in [0.2, 0.25) is 0 Å². The zero-order valence-electron chi connectivity index (χ0n) is 12.0. The second-order valence-corrected chi connectivity index (χ2v) is 5.57. The highest BCUT2D eigenvalue weighted by molar-refractivity contribution is 9.10. The Labute approximate surface area is 132 Å². The van der Waals surface area contributed by atoms with Crippen molar-refractivity contribution in [3.05, 3.63) is 46.2 Å². The van der Waals surface area contributed by atoms with Gasteiger partial charge < -0.3 is 10.6 Å². The monoisotopic (exact) mass is 348 g/mol. The van der Waals surface area contributed by atoms with Crippen molar-refractivity contribution in [2.75, 3.05) is 17.2 Å². The van der Waals surface area contributed by atoms with E-state index >= 15 is 0 Å². The van der Waals surface area contributed by atoms with E-state index in [4.69, 9.17) is 0 Å². The van der Waals surface area contributed by atoms with Crippen molar-refractivity contribution >= 4 is 33.5 Å². The van der Waals surface area contributed by atoms with E-state index in [0.717, 1.165) is 23.0 Å². The first-order chi connectivity index (χ1) is 10.1. The summed E-state index contributed by atoms with van der Waals surface area (Å²) >= 11 is 3.34. The van der Waals surface area contributed by atoms with Crippen molar-refractivity contribution in [2.24, 2.45) is 0 Å². The molecular formula is C15H17BrN4O. The van der Waals surface area contributed by atoms with Gasteiger partial charge in [0.25, 0.3) is 5.91 Å². The van der Waals surface area contributed by atoms with E-state index in [1.165, 1.54) is 0 Å². The van der Waals surface area contributed by atoms with E-state index in [2.05, 4.69) is 43.5 Å². The molecule has 21 heavy (non-hydrogen) atoms. The van der Waals surface area contributed by atoms with E-state index in [9.17, 15) is 4.79 Å². The number of carbonyl (C=O) groups excluding carboxylic acids is 1. The molecule has 2 heterocycles. The van der Waals surface area contributed by atoms with Crippen molar-refractivity contribution in [1.29, 1.82) is 0 Å². The number of hydrogen-bond acceptors (Lipinski definition) is 4. The normalized spacial score (nSPS) is 10.2. The third-order valence-electron chi connectivity index (χ3n) is 2.79. The van der Waals surface area contributed by atoms with Gasteiger partial charge in [-0.3, -0.25) is 4.79 Å². The maximum Gasteiger partial charge on any atom is 0.260 e. The molecule has 110 valence electrons. The summed E-state index contributed by atoms with van der Waals surface area (Å²) in [5.41, 5.74) is 1.53. The summed E-state index contributed by atoms with van der Waals surface area (Å²) in [5.74, 6) is 0.857. The first-order valence-electron chi connectivity index (χ1n) is 6.73. The van der Waals surface area contributed by atoms with Crippen LogP contribution in [-0.4, -0.2) is 22.4 Å². The number of pyridine rings is 2. The van der Waals surface area contributed by atoms with Gasteiger partial charge in [0.05, 0.1) is 5.56 Å². The molecule has 0 aromatic carbocycles. The van der Waals surface area contributed by atoms with Crippen molar-refractivity contribution in [1.82, 2.24) is 9.97 Å². The van der Waals surface area contributed by atoms with E-state index < -0.39 is 0 Å². The van der Waals surface area contributed by atoms with Crippen LogP contribution in [0.2, 0.25) is 0 Å². The number of rotatable bonds is 5. The van der Waals surface area contributed by atoms with Gasteiger partial charge in [0, 0.05) is 23.4 Å². The van der Waals surface area contributed by atoms with Gasteiger partial charge in [-0.15, -0.1) is 0 Å². The van der Waals surface area contributed by atoms with Gasteiger partial charge in [0.15, 0.2) is 0 Å². The Bertz CT molecular complexity index is 628. The molecule has 0 aliphatic rings. The van der Waals surface area contributed by atoms with Crippen molar-refractivity contribution in [3.8, 4) is 0 Å². The summed E-state index contributed by atoms with van der Waals surface area (Å²) in [6.07, 6.45) is 4.34. The fraction of sp³-hybridized carbons (Fsp3) is 0.267. The second kappa shape index (κ2) is 7.17. The summed E-state index contributed by atoms with van der Waals surface area (Å²) in [6, 6.07) is 5.42. The number of aromatic nitrogens is 2. The average molecular weight is 349 g/mol. The molecule has 0 unspecified atom stereocenters. The van der Waals surface area contributed by atoms with E-state index in [1.54, 1.807) is 24.5 Å². The van der Waals surface area contributed by atoms with Gasteiger partial charge in [-0.25, -0.2) is 9.97 Å². The van der Waals surface area contributed by atoms with Crippen LogP contribution in [0.25, 0.3) is 0 Å². The number of halogens is 1. The zero-order chi connectivity index (χ0) is 15.2. The fourth-order valence-corrected chi connectivity index (χ4v) is 2.05. The Hall–Kier alpha value is -1.95. The molecule has 0 saturated heterocycles. The van der Waals surface area contributed by atoms with E-state index in [0.29, 0.717) is 17.2 Å². The lowest BCUT2D eigenvalue weighted by Gasteiger charge is -2.11. The summed E-state index contributed by atoms with van der Waals surface area (Å²) in [5, 5.41) is 5.93. The summed E-state index contributed by atoms with van der Waals surface area (Å²) < 4.78 is 0.756. The highest BCUT2D eigenvalue weighted by atomic mass is 79.9. The smallest absolute Gasteiger partial charge is 0.260 e. The minimum absolute atomic E-state index is 0.237. The van der Waals surface area contributed by atoms with Crippen molar-refractivity contribution in [2.45, 2.75) is 20.3 Å². The number of carbonyl (C=O) groups is 1. The molecule has 2 aromatic heterocycles. The van der Waals surface area contributed by atoms with E-state index in [-0.39, 0.29) is 5.91 Å². The second-order valence-electron chi connectivity index (χ2n) is 4.65. The minimum Gasteiger partial charge on any atom is -0.369 e. The van der Waals surface area contributed by atoms with Gasteiger partial charge in [0.1, 0.15) is 11.6 Å². The molecule has 0 saturated carbocycles. The summed E-state index contributed by atoms with van der Waals surface area (Å²) in [7, 11) is 0. The molecule has 2 rings (SSSR count). The molecule has 0 aliphatic heterocycles. The van der Waals surface area contributed by atoms with Crippen LogP contribution in [0.4, 0.5) is 11.6 Å². The van der Waals surface area contributed by atoms with Crippen LogP contribution in [0, 0.1) is 6.92 Å². The third kappa shape index (κ3) is 4.26. The van der Waals surface area contributed by atoms with Gasteiger partial charge in [-0.1, -0.05) is 13.0 Å². The molecule has 0 bridgehead atoms. The quantitative estimate of drug-likeness (QED) is 0.865. The molecular weight excluding hydrogens is 332 g/mol. The first kappa shape index (κ1) is 15.4. The van der Waals surface area contributed by atoms with Crippen LogP contribution in [0.15, 0.2) is 35.1 Å². The van der Waals surface area contributed by atoms with Crippen LogP contribution in [0.5, 0.6) is 0 Å². The van der Waals surface area contributed by atoms with Crippen LogP contribution in [-0.2, 0) is 0 Å².